The molecule has 0 saturated heterocycles. The van der Waals surface area contributed by atoms with E-state index in [9.17, 15) is 4.79 Å². The molecule has 0 unspecified atom stereocenters. The Bertz CT molecular complexity index is 598. The molecule has 0 N–H and O–H groups in total. The summed E-state index contributed by atoms with van der Waals surface area (Å²) in [6.07, 6.45) is 0.889. The predicted octanol–water partition coefficient (Wildman–Crippen LogP) is 1.57. The smallest absolute Gasteiger partial charge is 0.251 e. The number of hydrogen-bond donors (Lipinski definition) is 0. The highest BCUT2D eigenvalue weighted by Crippen LogP contribution is 2.31. The topological polar surface area (TPSA) is 31.2 Å². The number of pyridine rings is 1. The molecule has 0 aliphatic carbocycles. The molecule has 2 aromatic rings. The molecule has 1 aliphatic heterocycles. The summed E-state index contributed by atoms with van der Waals surface area (Å²) in [6.45, 7) is 0.770. The zero-order valence-electron chi connectivity index (χ0n) is 8.49. The van der Waals surface area contributed by atoms with Gasteiger partial charge < -0.3 is 9.30 Å². The molecule has 0 amide bonds. The lowest BCUT2D eigenvalue weighted by atomic mass is 10.1. The number of ether oxygens (including phenoxy) is 1. The number of aromatic nitrogens is 1. The van der Waals surface area contributed by atoms with E-state index in [1.54, 1.807) is 13.2 Å². The number of nitrogens with zero attached hydrogens (tertiary/aromatic N) is 1. The van der Waals surface area contributed by atoms with Gasteiger partial charge in [0.25, 0.3) is 5.56 Å². The van der Waals surface area contributed by atoms with Crippen molar-refractivity contribution in [2.24, 2.45) is 0 Å². The Kier molecular flexibility index (Phi) is 1.63. The lowest BCUT2D eigenvalue weighted by molar-refractivity contribution is 0.411. The van der Waals surface area contributed by atoms with Gasteiger partial charge in [-0.05, 0) is 30.0 Å². The predicted molar refractivity (Wildman–Crippen MR) is 58.5 cm³/mol. The van der Waals surface area contributed by atoms with Gasteiger partial charge in [-0.1, -0.05) is 0 Å². The van der Waals surface area contributed by atoms with Crippen LogP contribution >= 0.6 is 0 Å². The van der Waals surface area contributed by atoms with Gasteiger partial charge in [-0.3, -0.25) is 4.79 Å². The molecule has 0 atom stereocenters. The Balaban J connectivity index is 2.51. The highest BCUT2D eigenvalue weighted by Gasteiger charge is 2.18. The van der Waals surface area contributed by atoms with E-state index in [4.69, 9.17) is 4.74 Å². The van der Waals surface area contributed by atoms with Crippen LogP contribution in [-0.4, -0.2) is 11.7 Å². The fourth-order valence-corrected chi connectivity index (χ4v) is 2.33. The van der Waals surface area contributed by atoms with Crippen molar-refractivity contribution < 1.29 is 4.74 Å². The van der Waals surface area contributed by atoms with E-state index in [1.807, 2.05) is 22.8 Å². The van der Waals surface area contributed by atoms with E-state index >= 15 is 0 Å². The molecule has 0 spiro atoms. The molecule has 0 fully saturated rings. The number of aryl methyl sites for hydroxylation is 2. The standard InChI is InChI=1S/C12H11NO2/c1-15-10-4-2-8-3-5-11(14)13-7-6-9(10)12(8)13/h2-5H,6-7H2,1H3. The van der Waals surface area contributed by atoms with Crippen LogP contribution in [-0.2, 0) is 13.0 Å². The summed E-state index contributed by atoms with van der Waals surface area (Å²) < 4.78 is 7.13. The van der Waals surface area contributed by atoms with Gasteiger partial charge in [0.2, 0.25) is 0 Å². The summed E-state index contributed by atoms with van der Waals surface area (Å²) in [7, 11) is 1.67. The van der Waals surface area contributed by atoms with Gasteiger partial charge in [-0.25, -0.2) is 0 Å². The molecule has 3 rings (SSSR count). The van der Waals surface area contributed by atoms with E-state index in [0.29, 0.717) is 0 Å². The van der Waals surface area contributed by atoms with Gasteiger partial charge in [0, 0.05) is 18.2 Å². The largest absolute Gasteiger partial charge is 0.496 e. The molecular weight excluding hydrogens is 190 g/mol. The molecule has 15 heavy (non-hydrogen) atoms. The van der Waals surface area contributed by atoms with Gasteiger partial charge in [0.05, 0.1) is 12.6 Å². The van der Waals surface area contributed by atoms with E-state index in [1.165, 1.54) is 0 Å². The Morgan fingerprint density at radius 3 is 2.87 bits per heavy atom. The third-order valence-electron chi connectivity index (χ3n) is 3.02. The summed E-state index contributed by atoms with van der Waals surface area (Å²) in [6, 6.07) is 7.48. The first-order valence-electron chi connectivity index (χ1n) is 5.00. The molecule has 2 heterocycles. The van der Waals surface area contributed by atoms with Crippen molar-refractivity contribution in [3.8, 4) is 5.75 Å². The van der Waals surface area contributed by atoms with Gasteiger partial charge in [0.15, 0.2) is 0 Å². The Hall–Kier alpha value is -1.77. The van der Waals surface area contributed by atoms with Crippen molar-refractivity contribution in [3.05, 3.63) is 40.2 Å². The average Bonchev–Trinajstić information content (AvgIpc) is 2.70. The van der Waals surface area contributed by atoms with Crippen LogP contribution in [0.25, 0.3) is 10.9 Å². The van der Waals surface area contributed by atoms with Crippen LogP contribution in [0, 0.1) is 0 Å². The van der Waals surface area contributed by atoms with Crippen molar-refractivity contribution in [1.82, 2.24) is 4.57 Å². The van der Waals surface area contributed by atoms with E-state index in [2.05, 4.69) is 0 Å². The third-order valence-corrected chi connectivity index (χ3v) is 3.02. The second-order valence-corrected chi connectivity index (χ2v) is 3.76. The fourth-order valence-electron chi connectivity index (χ4n) is 2.33. The van der Waals surface area contributed by atoms with Crippen molar-refractivity contribution in [1.29, 1.82) is 0 Å². The Morgan fingerprint density at radius 2 is 2.07 bits per heavy atom. The molecule has 1 aromatic carbocycles. The van der Waals surface area contributed by atoms with Crippen molar-refractivity contribution in [2.45, 2.75) is 13.0 Å². The number of hydrogen-bond acceptors (Lipinski definition) is 2. The van der Waals surface area contributed by atoms with Crippen LogP contribution in [0.2, 0.25) is 0 Å². The summed E-state index contributed by atoms with van der Waals surface area (Å²) in [5.74, 6) is 0.888. The third kappa shape index (κ3) is 1.03. The molecule has 1 aliphatic rings. The maximum absolute atomic E-state index is 11.6. The fraction of sp³-hybridized carbons (Fsp3) is 0.250. The van der Waals surface area contributed by atoms with Crippen LogP contribution in [0.3, 0.4) is 0 Å². The highest BCUT2D eigenvalue weighted by atomic mass is 16.5. The normalized spacial score (nSPS) is 13.4. The maximum Gasteiger partial charge on any atom is 0.251 e. The highest BCUT2D eigenvalue weighted by molar-refractivity contribution is 5.85. The van der Waals surface area contributed by atoms with Crippen molar-refractivity contribution in [3.63, 3.8) is 0 Å². The van der Waals surface area contributed by atoms with Gasteiger partial charge in [-0.2, -0.15) is 0 Å². The van der Waals surface area contributed by atoms with E-state index in [0.717, 1.165) is 35.2 Å². The number of methoxy groups -OCH3 is 1. The number of rotatable bonds is 1. The maximum atomic E-state index is 11.6. The molecule has 0 radical (unpaired) electrons. The first kappa shape index (κ1) is 8.53. The van der Waals surface area contributed by atoms with Crippen LogP contribution in [0.1, 0.15) is 5.56 Å². The van der Waals surface area contributed by atoms with Crippen molar-refractivity contribution in [2.75, 3.05) is 7.11 Å². The minimum atomic E-state index is 0.0782. The molecule has 0 saturated carbocycles. The molecule has 0 bridgehead atoms. The first-order chi connectivity index (χ1) is 7.31. The average molecular weight is 201 g/mol. The van der Waals surface area contributed by atoms with E-state index in [-0.39, 0.29) is 5.56 Å². The first-order valence-corrected chi connectivity index (χ1v) is 5.00. The van der Waals surface area contributed by atoms with Crippen molar-refractivity contribution >= 4 is 10.9 Å². The van der Waals surface area contributed by atoms with Gasteiger partial charge in [0.1, 0.15) is 5.75 Å². The monoisotopic (exact) mass is 201 g/mol. The van der Waals surface area contributed by atoms with Gasteiger partial charge in [-0.15, -0.1) is 0 Å². The Labute approximate surface area is 86.9 Å². The quantitative estimate of drug-likeness (QED) is 0.701. The SMILES string of the molecule is COc1ccc2ccc(=O)n3c2c1CC3. The van der Waals surface area contributed by atoms with E-state index < -0.39 is 0 Å². The van der Waals surface area contributed by atoms with Crippen LogP contribution in [0.15, 0.2) is 29.1 Å². The summed E-state index contributed by atoms with van der Waals surface area (Å²) in [5, 5.41) is 1.11. The molecule has 1 aromatic heterocycles. The summed E-state index contributed by atoms with van der Waals surface area (Å²) >= 11 is 0. The van der Waals surface area contributed by atoms with Crippen LogP contribution in [0.4, 0.5) is 0 Å². The Morgan fingerprint density at radius 1 is 1.27 bits per heavy atom. The second kappa shape index (κ2) is 2.86. The van der Waals surface area contributed by atoms with Gasteiger partial charge >= 0.3 is 0 Å². The van der Waals surface area contributed by atoms with Crippen LogP contribution < -0.4 is 10.3 Å². The minimum Gasteiger partial charge on any atom is -0.496 e. The van der Waals surface area contributed by atoms with Crippen LogP contribution in [0.5, 0.6) is 5.75 Å². The molecule has 3 nitrogen and oxygen atoms in total. The minimum absolute atomic E-state index is 0.0782. The zero-order chi connectivity index (χ0) is 10.4. The summed E-state index contributed by atoms with van der Waals surface area (Å²) in [5.41, 5.74) is 2.28. The molecule has 76 valence electrons. The lowest BCUT2D eigenvalue weighted by Gasteiger charge is -2.06. The second-order valence-electron chi connectivity index (χ2n) is 3.76. The molecular formula is C12H11NO2. The molecule has 3 heteroatoms. The number of benzene rings is 1. The zero-order valence-corrected chi connectivity index (χ0v) is 8.49. The lowest BCUT2D eigenvalue weighted by Crippen LogP contribution is -2.15. The summed E-state index contributed by atoms with van der Waals surface area (Å²) in [4.78, 5) is 11.6.